The highest BCUT2D eigenvalue weighted by Crippen LogP contribution is 2.35. The summed E-state index contributed by atoms with van der Waals surface area (Å²) in [6.07, 6.45) is 5.27. The van der Waals surface area contributed by atoms with Gasteiger partial charge >= 0.3 is 0 Å². The van der Waals surface area contributed by atoms with Crippen LogP contribution in [0.4, 0.5) is 10.3 Å². The Hall–Kier alpha value is -3.87. The van der Waals surface area contributed by atoms with Crippen molar-refractivity contribution >= 4 is 11.6 Å². The number of nitrogens with zero attached hydrogens (tertiary/aromatic N) is 6. The molecule has 170 valence electrons. The van der Waals surface area contributed by atoms with E-state index in [1.807, 2.05) is 22.6 Å². The minimum Gasteiger partial charge on any atom is -0.378 e. The molecule has 3 aromatic heterocycles. The van der Waals surface area contributed by atoms with Gasteiger partial charge in [-0.05, 0) is 17.7 Å². The summed E-state index contributed by atoms with van der Waals surface area (Å²) < 4.78 is 28.5. The van der Waals surface area contributed by atoms with Crippen LogP contribution in [0.15, 0.2) is 48.9 Å². The largest absolute Gasteiger partial charge is 0.378 e. The van der Waals surface area contributed by atoms with Crippen LogP contribution in [-0.2, 0) is 15.9 Å². The number of imidazole rings is 1. The van der Waals surface area contributed by atoms with E-state index in [0.29, 0.717) is 54.5 Å². The van der Waals surface area contributed by atoms with Gasteiger partial charge in [-0.3, -0.25) is 4.40 Å². The average molecular weight is 456 g/mol. The predicted octanol–water partition coefficient (Wildman–Crippen LogP) is 3.30. The lowest BCUT2D eigenvalue weighted by Crippen LogP contribution is -2.37. The maximum absolute atomic E-state index is 15.1. The van der Waals surface area contributed by atoms with Gasteiger partial charge in [0.1, 0.15) is 17.6 Å². The van der Waals surface area contributed by atoms with Gasteiger partial charge in [0, 0.05) is 55.3 Å². The number of hydrogen-bond donors (Lipinski definition) is 0. The fourth-order valence-electron chi connectivity index (χ4n) is 4.57. The first-order chi connectivity index (χ1) is 16.7. The molecule has 0 aliphatic carbocycles. The third-order valence-electron chi connectivity index (χ3n) is 6.26. The number of halogens is 1. The van der Waals surface area contributed by atoms with Crippen LogP contribution in [0.3, 0.4) is 0 Å². The Morgan fingerprint density at radius 2 is 1.91 bits per heavy atom. The van der Waals surface area contributed by atoms with Crippen LogP contribution in [0.2, 0.25) is 0 Å². The summed E-state index contributed by atoms with van der Waals surface area (Å²) in [5.41, 5.74) is 4.63. The van der Waals surface area contributed by atoms with Crippen molar-refractivity contribution < 1.29 is 13.9 Å². The van der Waals surface area contributed by atoms with Crippen molar-refractivity contribution in [2.75, 3.05) is 37.8 Å². The fraction of sp³-hybridized carbons (Fsp3) is 0.280. The van der Waals surface area contributed by atoms with E-state index in [-0.39, 0.29) is 5.82 Å². The second-order valence-electron chi connectivity index (χ2n) is 8.32. The highest BCUT2D eigenvalue weighted by Gasteiger charge is 2.29. The van der Waals surface area contributed by atoms with Crippen LogP contribution >= 0.6 is 0 Å². The highest BCUT2D eigenvalue weighted by atomic mass is 19.1. The van der Waals surface area contributed by atoms with Gasteiger partial charge in [0.25, 0.3) is 0 Å². The van der Waals surface area contributed by atoms with Crippen LogP contribution in [0.5, 0.6) is 0 Å². The summed E-state index contributed by atoms with van der Waals surface area (Å²) in [7, 11) is 0. The van der Waals surface area contributed by atoms with Crippen LogP contribution in [0.25, 0.3) is 16.8 Å². The van der Waals surface area contributed by atoms with E-state index in [0.717, 1.165) is 30.0 Å². The van der Waals surface area contributed by atoms with E-state index in [1.165, 1.54) is 6.07 Å². The van der Waals surface area contributed by atoms with Gasteiger partial charge in [-0.1, -0.05) is 12.1 Å². The molecule has 0 saturated carbocycles. The number of morpholine rings is 1. The van der Waals surface area contributed by atoms with Crippen LogP contribution in [0, 0.1) is 17.1 Å². The molecule has 1 saturated heterocycles. The SMILES string of the molecule is N#Cc1cccc(C2OCCc3nc4cc(F)c(-c5cnc(N6CCOCC6)nc5)cn4c32)c1. The number of hydrogen-bond acceptors (Lipinski definition) is 7. The maximum atomic E-state index is 15.1. The smallest absolute Gasteiger partial charge is 0.225 e. The molecule has 2 aliphatic rings. The quantitative estimate of drug-likeness (QED) is 0.467. The lowest BCUT2D eigenvalue weighted by Gasteiger charge is -2.26. The van der Waals surface area contributed by atoms with E-state index in [2.05, 4.69) is 25.9 Å². The fourth-order valence-corrected chi connectivity index (χ4v) is 4.57. The molecular formula is C25H21FN6O2. The molecule has 2 aliphatic heterocycles. The first-order valence-corrected chi connectivity index (χ1v) is 11.2. The zero-order valence-electron chi connectivity index (χ0n) is 18.3. The lowest BCUT2D eigenvalue weighted by molar-refractivity contribution is 0.0654. The monoisotopic (exact) mass is 456 g/mol. The molecule has 8 nitrogen and oxygen atoms in total. The van der Waals surface area contributed by atoms with Gasteiger partial charge in [-0.2, -0.15) is 5.26 Å². The molecule has 1 atom stereocenters. The standard InChI is InChI=1S/C25H21FN6O2/c26-20-11-22-30-21-4-7-34-24(17-3-1-2-16(10-17)12-27)23(21)32(22)15-19(20)18-13-28-25(29-14-18)31-5-8-33-9-6-31/h1-3,10-11,13-15,24H,4-9H2. The number of rotatable bonds is 3. The Bertz CT molecular complexity index is 1410. The third kappa shape index (κ3) is 3.57. The summed E-state index contributed by atoms with van der Waals surface area (Å²) in [6.45, 7) is 3.25. The topological polar surface area (TPSA) is 88.6 Å². The summed E-state index contributed by atoms with van der Waals surface area (Å²) >= 11 is 0. The number of fused-ring (bicyclic) bond motifs is 3. The van der Waals surface area contributed by atoms with Crippen LogP contribution in [-0.4, -0.2) is 52.3 Å². The van der Waals surface area contributed by atoms with Crippen molar-refractivity contribution in [3.05, 3.63) is 77.3 Å². The molecule has 9 heteroatoms. The molecule has 34 heavy (non-hydrogen) atoms. The number of aromatic nitrogens is 4. The molecule has 0 amide bonds. The first kappa shape index (κ1) is 20.7. The molecule has 0 bridgehead atoms. The van der Waals surface area contributed by atoms with E-state index in [4.69, 9.17) is 9.47 Å². The number of benzene rings is 1. The number of pyridine rings is 1. The average Bonchev–Trinajstić information content (AvgIpc) is 3.26. The van der Waals surface area contributed by atoms with Crippen molar-refractivity contribution in [1.82, 2.24) is 19.4 Å². The minimum absolute atomic E-state index is 0.385. The van der Waals surface area contributed by atoms with Crippen molar-refractivity contribution in [3.63, 3.8) is 0 Å². The van der Waals surface area contributed by atoms with E-state index >= 15 is 4.39 Å². The summed E-state index contributed by atoms with van der Waals surface area (Å²) in [4.78, 5) is 15.7. The molecule has 0 spiro atoms. The number of ether oxygens (including phenoxy) is 2. The van der Waals surface area contributed by atoms with Gasteiger partial charge < -0.3 is 14.4 Å². The van der Waals surface area contributed by atoms with Gasteiger partial charge in [-0.25, -0.2) is 19.3 Å². The predicted molar refractivity (Wildman–Crippen MR) is 122 cm³/mol. The Morgan fingerprint density at radius 1 is 1.09 bits per heavy atom. The zero-order chi connectivity index (χ0) is 23.1. The highest BCUT2D eigenvalue weighted by molar-refractivity contribution is 5.65. The molecule has 4 aromatic rings. The van der Waals surface area contributed by atoms with Crippen molar-refractivity contribution in [2.45, 2.75) is 12.5 Å². The van der Waals surface area contributed by atoms with E-state index in [1.54, 1.807) is 24.7 Å². The molecule has 1 fully saturated rings. The first-order valence-electron chi connectivity index (χ1n) is 11.2. The van der Waals surface area contributed by atoms with Gasteiger partial charge in [0.15, 0.2) is 0 Å². The third-order valence-corrected chi connectivity index (χ3v) is 6.26. The van der Waals surface area contributed by atoms with Crippen LogP contribution < -0.4 is 4.90 Å². The summed E-state index contributed by atoms with van der Waals surface area (Å²) in [5, 5.41) is 9.31. The normalized spacial score (nSPS) is 18.0. The Kier molecular flexibility index (Phi) is 5.17. The second-order valence-corrected chi connectivity index (χ2v) is 8.32. The molecular weight excluding hydrogens is 435 g/mol. The minimum atomic E-state index is -0.398. The molecule has 1 aromatic carbocycles. The Labute approximate surface area is 195 Å². The molecule has 0 N–H and O–H groups in total. The van der Waals surface area contributed by atoms with Crippen molar-refractivity contribution in [2.24, 2.45) is 0 Å². The second kappa shape index (κ2) is 8.48. The Balaban J connectivity index is 1.42. The van der Waals surface area contributed by atoms with Crippen molar-refractivity contribution in [3.8, 4) is 17.2 Å². The van der Waals surface area contributed by atoms with Gasteiger partial charge in [0.05, 0.1) is 42.8 Å². The van der Waals surface area contributed by atoms with Gasteiger partial charge in [0.2, 0.25) is 5.95 Å². The number of nitriles is 1. The van der Waals surface area contributed by atoms with E-state index in [9.17, 15) is 5.26 Å². The molecule has 6 rings (SSSR count). The van der Waals surface area contributed by atoms with E-state index < -0.39 is 6.10 Å². The molecule has 0 radical (unpaired) electrons. The maximum Gasteiger partial charge on any atom is 0.225 e. The molecule has 5 heterocycles. The molecule has 1 unspecified atom stereocenters. The van der Waals surface area contributed by atoms with Crippen molar-refractivity contribution in [1.29, 1.82) is 5.26 Å². The zero-order valence-corrected chi connectivity index (χ0v) is 18.3. The van der Waals surface area contributed by atoms with Gasteiger partial charge in [-0.15, -0.1) is 0 Å². The number of anilines is 1. The van der Waals surface area contributed by atoms with Crippen LogP contribution in [0.1, 0.15) is 28.6 Å². The Morgan fingerprint density at radius 3 is 2.71 bits per heavy atom. The summed E-state index contributed by atoms with van der Waals surface area (Å²) in [6, 6.07) is 11.0. The summed E-state index contributed by atoms with van der Waals surface area (Å²) in [5.74, 6) is 0.223. The lowest BCUT2D eigenvalue weighted by atomic mass is 10.00.